The minimum atomic E-state index is -0.143. The molecule has 1 N–H and O–H groups in total. The number of nitrogens with zero attached hydrogens (tertiary/aromatic N) is 6. The number of pyridine rings is 1. The van der Waals surface area contributed by atoms with Gasteiger partial charge in [-0.2, -0.15) is 4.98 Å². The Morgan fingerprint density at radius 3 is 2.76 bits per heavy atom. The molecular formula is C24H25N7O2. The van der Waals surface area contributed by atoms with E-state index >= 15 is 0 Å². The summed E-state index contributed by atoms with van der Waals surface area (Å²) < 4.78 is 11.1. The van der Waals surface area contributed by atoms with E-state index in [1.165, 1.54) is 0 Å². The van der Waals surface area contributed by atoms with Crippen LogP contribution < -0.4 is 10.2 Å². The van der Waals surface area contributed by atoms with E-state index in [1.807, 2.05) is 36.4 Å². The molecule has 4 heterocycles. The van der Waals surface area contributed by atoms with Crippen LogP contribution in [0.1, 0.15) is 5.56 Å². The van der Waals surface area contributed by atoms with Crippen molar-refractivity contribution in [3.8, 4) is 11.3 Å². The monoisotopic (exact) mass is 443 g/mol. The number of rotatable bonds is 5. The van der Waals surface area contributed by atoms with Gasteiger partial charge in [0, 0.05) is 37.3 Å². The van der Waals surface area contributed by atoms with E-state index in [4.69, 9.17) is 19.4 Å². The molecule has 2 aliphatic rings. The second-order valence-corrected chi connectivity index (χ2v) is 7.78. The number of ether oxygens (including phenoxy) is 2. The van der Waals surface area contributed by atoms with Gasteiger partial charge in [0.05, 0.1) is 31.7 Å². The van der Waals surface area contributed by atoms with Crippen LogP contribution in [0.4, 0.5) is 23.3 Å². The van der Waals surface area contributed by atoms with Gasteiger partial charge >= 0.3 is 0 Å². The molecule has 1 aromatic carbocycles. The summed E-state index contributed by atoms with van der Waals surface area (Å²) in [5.74, 6) is 2.55. The van der Waals surface area contributed by atoms with Crippen molar-refractivity contribution in [2.24, 2.45) is 9.98 Å². The SMILES string of the molecule is C=Nc1ccc(-c2cc(NC3Cc4ccccc4N=C3OC)nc(N3CCOCC3)n2)cn1. The van der Waals surface area contributed by atoms with Gasteiger partial charge in [-0.05, 0) is 30.5 Å². The van der Waals surface area contributed by atoms with E-state index in [-0.39, 0.29) is 6.04 Å². The zero-order valence-electron chi connectivity index (χ0n) is 18.4. The van der Waals surface area contributed by atoms with Gasteiger partial charge in [0.15, 0.2) is 5.82 Å². The third kappa shape index (κ3) is 4.54. The van der Waals surface area contributed by atoms with E-state index in [1.54, 1.807) is 13.3 Å². The molecule has 0 aliphatic carbocycles. The fourth-order valence-corrected chi connectivity index (χ4v) is 3.97. The number of aromatic nitrogens is 3. The number of aliphatic imine (C=N–C) groups is 2. The number of para-hydroxylation sites is 1. The molecule has 1 fully saturated rings. The standard InChI is InChI=1S/C24H25N7O2/c1-25-21-8-7-17(15-26-21)19-14-22(30-24(29-19)31-9-11-33-12-10-31)27-20-13-16-5-3-4-6-18(16)28-23(20)32-2/h3-8,14-15,20H,1,9-13H2,2H3,(H,27,29,30). The lowest BCUT2D eigenvalue weighted by Crippen LogP contribution is -2.38. The molecule has 0 saturated carbocycles. The minimum Gasteiger partial charge on any atom is -0.483 e. The average molecular weight is 444 g/mol. The highest BCUT2D eigenvalue weighted by Gasteiger charge is 2.25. The van der Waals surface area contributed by atoms with Gasteiger partial charge in [0.2, 0.25) is 11.8 Å². The molecule has 3 aromatic rings. The Morgan fingerprint density at radius 1 is 1.15 bits per heavy atom. The molecule has 0 radical (unpaired) electrons. The van der Waals surface area contributed by atoms with E-state index in [0.29, 0.717) is 36.7 Å². The number of hydrogen-bond donors (Lipinski definition) is 1. The Kier molecular flexibility index (Phi) is 5.95. The first kappa shape index (κ1) is 21.0. The average Bonchev–Trinajstić information content (AvgIpc) is 2.88. The molecule has 1 saturated heterocycles. The Hall–Kier alpha value is -3.85. The second kappa shape index (κ2) is 9.33. The predicted octanol–water partition coefficient (Wildman–Crippen LogP) is 3.42. The van der Waals surface area contributed by atoms with Crippen LogP contribution in [0.2, 0.25) is 0 Å². The third-order valence-electron chi connectivity index (χ3n) is 5.69. The molecule has 1 atom stereocenters. The van der Waals surface area contributed by atoms with E-state index < -0.39 is 0 Å². The molecule has 1 unspecified atom stereocenters. The summed E-state index contributed by atoms with van der Waals surface area (Å²) >= 11 is 0. The van der Waals surface area contributed by atoms with Crippen molar-refractivity contribution in [3.05, 3.63) is 54.2 Å². The lowest BCUT2D eigenvalue weighted by molar-refractivity contribution is 0.122. The Morgan fingerprint density at radius 2 is 2.00 bits per heavy atom. The van der Waals surface area contributed by atoms with Crippen LogP contribution in [-0.4, -0.2) is 67.0 Å². The molecule has 0 bridgehead atoms. The van der Waals surface area contributed by atoms with Gasteiger partial charge in [-0.1, -0.05) is 18.2 Å². The van der Waals surface area contributed by atoms with Crippen LogP contribution in [-0.2, 0) is 15.9 Å². The summed E-state index contributed by atoms with van der Waals surface area (Å²) in [7, 11) is 1.65. The lowest BCUT2D eigenvalue weighted by atomic mass is 10.0. The van der Waals surface area contributed by atoms with Crippen LogP contribution >= 0.6 is 0 Å². The topological polar surface area (TPSA) is 97.1 Å². The first-order valence-electron chi connectivity index (χ1n) is 10.9. The quantitative estimate of drug-likeness (QED) is 0.604. The highest BCUT2D eigenvalue weighted by atomic mass is 16.5. The number of morpholine rings is 1. The summed E-state index contributed by atoms with van der Waals surface area (Å²) in [6.07, 6.45) is 2.49. The molecule has 33 heavy (non-hydrogen) atoms. The van der Waals surface area contributed by atoms with Gasteiger partial charge in [-0.3, -0.25) is 0 Å². The van der Waals surface area contributed by atoms with Crippen LogP contribution in [0.5, 0.6) is 0 Å². The summed E-state index contributed by atoms with van der Waals surface area (Å²) in [4.78, 5) is 24.7. The molecule has 9 heteroatoms. The van der Waals surface area contributed by atoms with Crippen molar-refractivity contribution in [3.63, 3.8) is 0 Å². The first-order chi connectivity index (χ1) is 16.2. The maximum atomic E-state index is 5.61. The fraction of sp³-hybridized carbons (Fsp3) is 0.292. The number of hydrogen-bond acceptors (Lipinski definition) is 9. The zero-order chi connectivity index (χ0) is 22.6. The van der Waals surface area contributed by atoms with Crippen LogP contribution in [0, 0.1) is 0 Å². The molecule has 0 spiro atoms. The molecule has 5 rings (SSSR count). The largest absolute Gasteiger partial charge is 0.483 e. The molecule has 0 amide bonds. The third-order valence-corrected chi connectivity index (χ3v) is 5.69. The zero-order valence-corrected chi connectivity index (χ0v) is 18.4. The number of benzene rings is 1. The maximum absolute atomic E-state index is 5.61. The van der Waals surface area contributed by atoms with Crippen molar-refractivity contribution < 1.29 is 9.47 Å². The van der Waals surface area contributed by atoms with E-state index in [2.05, 4.69) is 38.0 Å². The van der Waals surface area contributed by atoms with Gasteiger partial charge in [-0.25, -0.2) is 20.0 Å². The van der Waals surface area contributed by atoms with E-state index in [9.17, 15) is 0 Å². The number of fused-ring (bicyclic) bond motifs is 1. The molecule has 2 aliphatic heterocycles. The Bertz CT molecular complexity index is 1170. The highest BCUT2D eigenvalue weighted by molar-refractivity contribution is 5.89. The number of anilines is 2. The van der Waals surface area contributed by atoms with Gasteiger partial charge in [-0.15, -0.1) is 0 Å². The summed E-state index contributed by atoms with van der Waals surface area (Å²) in [5.41, 5.74) is 3.74. The maximum Gasteiger partial charge on any atom is 0.228 e. The van der Waals surface area contributed by atoms with Crippen molar-refractivity contribution in [1.82, 2.24) is 15.0 Å². The minimum absolute atomic E-state index is 0.143. The Balaban J connectivity index is 1.50. The van der Waals surface area contributed by atoms with Crippen molar-refractivity contribution in [2.45, 2.75) is 12.5 Å². The van der Waals surface area contributed by atoms with Crippen LogP contribution in [0.25, 0.3) is 11.3 Å². The number of methoxy groups -OCH3 is 1. The lowest BCUT2D eigenvalue weighted by Gasteiger charge is -2.28. The predicted molar refractivity (Wildman–Crippen MR) is 129 cm³/mol. The first-order valence-corrected chi connectivity index (χ1v) is 10.9. The molecule has 2 aromatic heterocycles. The van der Waals surface area contributed by atoms with Gasteiger partial charge in [0.1, 0.15) is 11.9 Å². The van der Waals surface area contributed by atoms with Crippen LogP contribution in [0.3, 0.4) is 0 Å². The summed E-state index contributed by atoms with van der Waals surface area (Å²) in [6, 6.07) is 13.6. The number of nitrogens with one attached hydrogen (secondary N) is 1. The Labute approximate surface area is 192 Å². The summed E-state index contributed by atoms with van der Waals surface area (Å²) in [5, 5.41) is 3.52. The highest BCUT2D eigenvalue weighted by Crippen LogP contribution is 2.29. The van der Waals surface area contributed by atoms with Gasteiger partial charge in [0.25, 0.3) is 0 Å². The second-order valence-electron chi connectivity index (χ2n) is 7.78. The van der Waals surface area contributed by atoms with Crippen LogP contribution in [0.15, 0.2) is 58.6 Å². The molecule has 168 valence electrons. The van der Waals surface area contributed by atoms with E-state index in [0.717, 1.165) is 42.0 Å². The fourth-order valence-electron chi connectivity index (χ4n) is 3.97. The van der Waals surface area contributed by atoms with Crippen molar-refractivity contribution >= 4 is 35.9 Å². The summed E-state index contributed by atoms with van der Waals surface area (Å²) in [6.45, 7) is 6.31. The van der Waals surface area contributed by atoms with Crippen molar-refractivity contribution in [2.75, 3.05) is 43.6 Å². The van der Waals surface area contributed by atoms with Crippen molar-refractivity contribution in [1.29, 1.82) is 0 Å². The molecule has 9 nitrogen and oxygen atoms in total. The molecular weight excluding hydrogens is 418 g/mol. The van der Waals surface area contributed by atoms with Gasteiger partial charge < -0.3 is 19.7 Å². The smallest absolute Gasteiger partial charge is 0.228 e. The normalized spacial score (nSPS) is 17.7.